The molecule has 0 saturated heterocycles. The van der Waals surface area contributed by atoms with Gasteiger partial charge in [0.25, 0.3) is 0 Å². The first-order valence-electron chi connectivity index (χ1n) is 16.8. The van der Waals surface area contributed by atoms with E-state index in [0.717, 1.165) is 32.1 Å². The largest absolute Gasteiger partial charge is 0.356 e. The van der Waals surface area contributed by atoms with Gasteiger partial charge < -0.3 is 21.3 Å². The van der Waals surface area contributed by atoms with E-state index >= 15 is 0 Å². The third-order valence-electron chi connectivity index (χ3n) is 8.63. The number of unbranched alkanes of at least 4 members (excludes halogenated alkanes) is 10. The minimum absolute atomic E-state index is 0.00537. The number of hydrogen-bond acceptors (Lipinski definition) is 4. The number of nitrogens with two attached hydrogens (primary N) is 1. The average molecular weight is 567 g/mol. The van der Waals surface area contributed by atoms with Crippen molar-refractivity contribution in [3.8, 4) is 0 Å². The number of carbonyl (C=O) groups is 3. The van der Waals surface area contributed by atoms with E-state index in [1.165, 1.54) is 57.8 Å². The number of amides is 3. The van der Waals surface area contributed by atoms with Crippen molar-refractivity contribution in [2.75, 3.05) is 26.2 Å². The first-order chi connectivity index (χ1) is 19.2. The monoisotopic (exact) mass is 567 g/mol. The molecule has 0 aromatic carbocycles. The maximum absolute atomic E-state index is 13.1. The van der Waals surface area contributed by atoms with Crippen molar-refractivity contribution in [1.29, 1.82) is 0 Å². The number of hydrogen-bond donors (Lipinski definition) is 3. The highest BCUT2D eigenvalue weighted by atomic mass is 16.2. The van der Waals surface area contributed by atoms with Crippen LogP contribution in [0, 0.1) is 17.8 Å². The fourth-order valence-electron chi connectivity index (χ4n) is 4.83. The molecule has 0 aliphatic rings. The van der Waals surface area contributed by atoms with Crippen molar-refractivity contribution in [3.05, 3.63) is 0 Å². The lowest BCUT2D eigenvalue weighted by Crippen LogP contribution is -2.45. The van der Waals surface area contributed by atoms with Crippen LogP contribution < -0.4 is 16.4 Å². The van der Waals surface area contributed by atoms with Gasteiger partial charge in [0.05, 0.1) is 6.04 Å². The molecular formula is C33H66N4O3. The number of rotatable bonds is 26. The normalized spacial score (nSPS) is 14.3. The average Bonchev–Trinajstić information content (AvgIpc) is 2.96. The fourth-order valence-corrected chi connectivity index (χ4v) is 4.83. The zero-order chi connectivity index (χ0) is 30.2. The van der Waals surface area contributed by atoms with Crippen LogP contribution in [0.1, 0.15) is 144 Å². The molecule has 0 aromatic heterocycles. The lowest BCUT2D eigenvalue weighted by molar-refractivity contribution is -0.131. The van der Waals surface area contributed by atoms with Gasteiger partial charge in [-0.3, -0.25) is 14.4 Å². The van der Waals surface area contributed by atoms with Gasteiger partial charge >= 0.3 is 0 Å². The predicted octanol–water partition coefficient (Wildman–Crippen LogP) is 6.58. The Hall–Kier alpha value is -1.63. The summed E-state index contributed by atoms with van der Waals surface area (Å²) in [5.74, 6) is 0.640. The van der Waals surface area contributed by atoms with Crippen molar-refractivity contribution < 1.29 is 14.4 Å². The molecule has 7 heteroatoms. The Balaban J connectivity index is 4.50. The topological polar surface area (TPSA) is 105 Å². The van der Waals surface area contributed by atoms with Crippen LogP contribution in [0.4, 0.5) is 0 Å². The van der Waals surface area contributed by atoms with Gasteiger partial charge in [0.15, 0.2) is 0 Å². The highest BCUT2D eigenvalue weighted by Crippen LogP contribution is 2.15. The van der Waals surface area contributed by atoms with Gasteiger partial charge in [0.1, 0.15) is 0 Å². The molecule has 0 radical (unpaired) electrons. The van der Waals surface area contributed by atoms with E-state index in [1.807, 2.05) is 25.7 Å². The minimum atomic E-state index is -0.495. The van der Waals surface area contributed by atoms with E-state index in [1.54, 1.807) is 0 Å². The Morgan fingerprint density at radius 2 is 1.07 bits per heavy atom. The minimum Gasteiger partial charge on any atom is -0.356 e. The third kappa shape index (κ3) is 18.7. The van der Waals surface area contributed by atoms with Gasteiger partial charge in [-0.05, 0) is 31.1 Å². The molecule has 0 aliphatic carbocycles. The van der Waals surface area contributed by atoms with Crippen molar-refractivity contribution in [1.82, 2.24) is 15.5 Å². The van der Waals surface area contributed by atoms with Crippen LogP contribution in [-0.4, -0.2) is 54.8 Å². The Bertz CT molecular complexity index is 622. The summed E-state index contributed by atoms with van der Waals surface area (Å²) >= 11 is 0. The summed E-state index contributed by atoms with van der Waals surface area (Å²) in [5.41, 5.74) is 6.04. The first kappa shape index (κ1) is 38.4. The van der Waals surface area contributed by atoms with Crippen molar-refractivity contribution >= 4 is 17.7 Å². The van der Waals surface area contributed by atoms with E-state index in [2.05, 4.69) is 31.4 Å². The first-order valence-corrected chi connectivity index (χ1v) is 16.8. The van der Waals surface area contributed by atoms with E-state index in [4.69, 9.17) is 5.73 Å². The van der Waals surface area contributed by atoms with E-state index < -0.39 is 6.04 Å². The van der Waals surface area contributed by atoms with Crippen LogP contribution in [0.2, 0.25) is 0 Å². The maximum Gasteiger partial charge on any atom is 0.237 e. The molecule has 0 fully saturated rings. The van der Waals surface area contributed by atoms with Gasteiger partial charge in [-0.2, -0.15) is 0 Å². The van der Waals surface area contributed by atoms with Gasteiger partial charge in [-0.25, -0.2) is 0 Å². The Kier molecular flexibility index (Phi) is 24.1. The maximum atomic E-state index is 13.1. The van der Waals surface area contributed by atoms with Gasteiger partial charge in [-0.15, -0.1) is 0 Å². The van der Waals surface area contributed by atoms with E-state index in [-0.39, 0.29) is 29.6 Å². The molecule has 0 heterocycles. The van der Waals surface area contributed by atoms with E-state index in [0.29, 0.717) is 44.9 Å². The highest BCUT2D eigenvalue weighted by Gasteiger charge is 2.20. The lowest BCUT2D eigenvalue weighted by Gasteiger charge is -2.24. The molecule has 0 spiro atoms. The molecule has 4 atom stereocenters. The third-order valence-corrected chi connectivity index (χ3v) is 8.63. The summed E-state index contributed by atoms with van der Waals surface area (Å²) in [4.78, 5) is 39.7. The molecule has 0 rings (SSSR count). The Morgan fingerprint density at radius 3 is 1.55 bits per heavy atom. The van der Waals surface area contributed by atoms with Gasteiger partial charge in [0.2, 0.25) is 17.7 Å². The second-order valence-electron chi connectivity index (χ2n) is 12.0. The smallest absolute Gasteiger partial charge is 0.237 e. The quantitative estimate of drug-likeness (QED) is 0.103. The standard InChI is InChI=1S/C33H66N4O3/c1-7-10-11-12-13-14-15-16-17-18-19-22-30(38)37(25-20-23-35-32(39)29(6)27(4)8-2)26-21-24-36-33(40)31(34)28(5)9-3/h27-29,31H,7-26,34H2,1-6H3,(H,35,39)(H,36,40)/t27?,28?,29-,31-/m0/s1. The number of carbonyl (C=O) groups excluding carboxylic acids is 3. The molecule has 7 nitrogen and oxygen atoms in total. The van der Waals surface area contributed by atoms with Crippen molar-refractivity contribution in [2.45, 2.75) is 150 Å². The zero-order valence-corrected chi connectivity index (χ0v) is 27.2. The molecule has 0 aromatic rings. The second kappa shape index (κ2) is 25.1. The SMILES string of the molecule is CCCCCCCCCCCCCC(=O)N(CCCNC(=O)[C@@H](C)C(C)CC)CCCNC(=O)[C@@H](N)C(C)CC. The summed E-state index contributed by atoms with van der Waals surface area (Å²) in [6.45, 7) is 14.8. The van der Waals surface area contributed by atoms with E-state index in [9.17, 15) is 14.4 Å². The summed E-state index contributed by atoms with van der Waals surface area (Å²) < 4.78 is 0. The van der Waals surface area contributed by atoms with Crippen LogP contribution in [-0.2, 0) is 14.4 Å². The molecule has 2 unspecified atom stereocenters. The highest BCUT2D eigenvalue weighted by molar-refractivity contribution is 5.81. The summed E-state index contributed by atoms with van der Waals surface area (Å²) in [6.07, 6.45) is 17.7. The Morgan fingerprint density at radius 1 is 0.625 bits per heavy atom. The predicted molar refractivity (Wildman–Crippen MR) is 169 cm³/mol. The van der Waals surface area contributed by atoms with Crippen LogP contribution >= 0.6 is 0 Å². The zero-order valence-electron chi connectivity index (χ0n) is 27.2. The van der Waals surface area contributed by atoms with Crippen LogP contribution in [0.25, 0.3) is 0 Å². The molecule has 0 bridgehead atoms. The molecule has 40 heavy (non-hydrogen) atoms. The number of nitrogens with zero attached hydrogens (tertiary/aromatic N) is 1. The Labute approximate surface area is 247 Å². The molecule has 3 amide bonds. The number of nitrogens with one attached hydrogen (secondary N) is 2. The fraction of sp³-hybridized carbons (Fsp3) is 0.909. The van der Waals surface area contributed by atoms with Gasteiger partial charge in [0, 0.05) is 38.5 Å². The lowest BCUT2D eigenvalue weighted by atomic mass is 9.93. The summed E-state index contributed by atoms with van der Waals surface area (Å²) in [6, 6.07) is -0.495. The van der Waals surface area contributed by atoms with Crippen LogP contribution in [0.5, 0.6) is 0 Å². The molecule has 4 N–H and O–H groups in total. The summed E-state index contributed by atoms with van der Waals surface area (Å²) in [5, 5.41) is 5.98. The van der Waals surface area contributed by atoms with Gasteiger partial charge in [-0.1, -0.05) is 119 Å². The van der Waals surface area contributed by atoms with Crippen molar-refractivity contribution in [3.63, 3.8) is 0 Å². The molecule has 0 saturated carbocycles. The van der Waals surface area contributed by atoms with Crippen LogP contribution in [0.15, 0.2) is 0 Å². The summed E-state index contributed by atoms with van der Waals surface area (Å²) in [7, 11) is 0. The van der Waals surface area contributed by atoms with Crippen molar-refractivity contribution in [2.24, 2.45) is 23.5 Å². The molecular weight excluding hydrogens is 500 g/mol. The second-order valence-corrected chi connectivity index (χ2v) is 12.0. The van der Waals surface area contributed by atoms with Crippen LogP contribution in [0.3, 0.4) is 0 Å². The molecule has 0 aliphatic heterocycles. The molecule has 236 valence electrons.